The maximum Gasteiger partial charge on any atom is 0.215 e. The van der Waals surface area contributed by atoms with E-state index in [1.807, 2.05) is 0 Å². The predicted octanol–water partition coefficient (Wildman–Crippen LogP) is 0.262. The van der Waals surface area contributed by atoms with Gasteiger partial charge in [-0.1, -0.05) is 0 Å². The van der Waals surface area contributed by atoms with Crippen LogP contribution in [0.1, 0.15) is 23.0 Å². The number of aromatic amines is 1. The van der Waals surface area contributed by atoms with Crippen LogP contribution in [-0.4, -0.2) is 21.6 Å². The van der Waals surface area contributed by atoms with Crippen LogP contribution in [0.2, 0.25) is 0 Å². The summed E-state index contributed by atoms with van der Waals surface area (Å²) in [5, 5.41) is 9.52. The monoisotopic (exact) mass is 178 g/mol. The largest absolute Gasteiger partial charge is 0.366 e. The van der Waals surface area contributed by atoms with Crippen molar-refractivity contribution in [2.45, 2.75) is 12.6 Å². The first-order chi connectivity index (χ1) is 6.02. The molecule has 13 heavy (non-hydrogen) atoms. The van der Waals surface area contributed by atoms with E-state index in [2.05, 4.69) is 4.98 Å². The standard InChI is InChI=1S/C9H10N2O2/c1-5-4-9(10,13)8(12)6-2-3-11-7(5)6/h2-4,11,13H,10H2,1H3. The molecular formula is C9H10N2O2. The molecule has 0 aromatic carbocycles. The van der Waals surface area contributed by atoms with E-state index in [0.29, 0.717) is 5.56 Å². The van der Waals surface area contributed by atoms with Crippen LogP contribution >= 0.6 is 0 Å². The van der Waals surface area contributed by atoms with Gasteiger partial charge in [0.1, 0.15) is 0 Å². The lowest BCUT2D eigenvalue weighted by Gasteiger charge is -2.23. The number of Topliss-reactive ketones (excluding diaryl/α,β-unsaturated/α-hetero) is 1. The number of hydrogen-bond acceptors (Lipinski definition) is 3. The highest BCUT2D eigenvalue weighted by Gasteiger charge is 2.35. The van der Waals surface area contributed by atoms with Gasteiger partial charge >= 0.3 is 0 Å². The summed E-state index contributed by atoms with van der Waals surface area (Å²) in [6.45, 7) is 1.79. The van der Waals surface area contributed by atoms with Crippen molar-refractivity contribution in [2.24, 2.45) is 5.73 Å². The van der Waals surface area contributed by atoms with Gasteiger partial charge in [0.05, 0.1) is 5.69 Å². The van der Waals surface area contributed by atoms with Gasteiger partial charge in [0, 0.05) is 11.8 Å². The first-order valence-corrected chi connectivity index (χ1v) is 3.95. The molecule has 68 valence electrons. The fourth-order valence-corrected chi connectivity index (χ4v) is 1.57. The Kier molecular flexibility index (Phi) is 1.46. The van der Waals surface area contributed by atoms with Crippen LogP contribution in [0, 0.1) is 0 Å². The van der Waals surface area contributed by atoms with Gasteiger partial charge in [-0.15, -0.1) is 0 Å². The quantitative estimate of drug-likeness (QED) is 0.498. The number of nitrogens with two attached hydrogens (primary N) is 1. The highest BCUT2D eigenvalue weighted by Crippen LogP contribution is 2.27. The van der Waals surface area contributed by atoms with Crippen LogP contribution in [-0.2, 0) is 0 Å². The summed E-state index contributed by atoms with van der Waals surface area (Å²) in [5.74, 6) is -0.464. The lowest BCUT2D eigenvalue weighted by atomic mass is 9.91. The molecule has 1 heterocycles. The minimum absolute atomic E-state index is 0.449. The van der Waals surface area contributed by atoms with E-state index >= 15 is 0 Å². The maximum atomic E-state index is 11.5. The number of ketones is 1. The molecule has 0 bridgehead atoms. The third-order valence-corrected chi connectivity index (χ3v) is 2.19. The van der Waals surface area contributed by atoms with Gasteiger partial charge in [-0.3, -0.25) is 10.5 Å². The van der Waals surface area contributed by atoms with Gasteiger partial charge in [0.25, 0.3) is 0 Å². The van der Waals surface area contributed by atoms with Crippen LogP contribution in [0.15, 0.2) is 18.3 Å². The van der Waals surface area contributed by atoms with Crippen molar-refractivity contribution in [2.75, 3.05) is 0 Å². The second-order valence-electron chi connectivity index (χ2n) is 3.25. The maximum absolute atomic E-state index is 11.5. The van der Waals surface area contributed by atoms with Crippen molar-refractivity contribution >= 4 is 11.4 Å². The Morgan fingerprint density at radius 3 is 3.00 bits per heavy atom. The Morgan fingerprint density at radius 1 is 1.62 bits per heavy atom. The zero-order chi connectivity index (χ0) is 9.64. The van der Waals surface area contributed by atoms with Gasteiger partial charge in [-0.25, -0.2) is 0 Å². The Hall–Kier alpha value is -1.39. The Labute approximate surface area is 75.1 Å². The number of carbonyl (C=O) groups excluding carboxylic acids is 1. The molecule has 1 atom stereocenters. The number of carbonyl (C=O) groups is 1. The highest BCUT2D eigenvalue weighted by molar-refractivity contribution is 6.09. The fourth-order valence-electron chi connectivity index (χ4n) is 1.57. The van der Waals surface area contributed by atoms with Gasteiger partial charge in [0.2, 0.25) is 5.78 Å². The number of hydrogen-bond donors (Lipinski definition) is 3. The van der Waals surface area contributed by atoms with Crippen molar-refractivity contribution in [1.29, 1.82) is 0 Å². The Bertz CT molecular complexity index is 402. The average molecular weight is 178 g/mol. The molecule has 0 aliphatic heterocycles. The molecule has 1 aliphatic rings. The summed E-state index contributed by atoms with van der Waals surface area (Å²) in [4.78, 5) is 14.4. The van der Waals surface area contributed by atoms with Crippen molar-refractivity contribution in [3.05, 3.63) is 29.6 Å². The number of aromatic nitrogens is 1. The van der Waals surface area contributed by atoms with Crippen LogP contribution < -0.4 is 5.73 Å². The molecular weight excluding hydrogens is 168 g/mol. The van der Waals surface area contributed by atoms with Crippen molar-refractivity contribution in [3.8, 4) is 0 Å². The van der Waals surface area contributed by atoms with Gasteiger partial charge in [0.15, 0.2) is 5.72 Å². The lowest BCUT2D eigenvalue weighted by Crippen LogP contribution is -2.47. The van der Waals surface area contributed by atoms with Crippen LogP contribution in [0.5, 0.6) is 0 Å². The zero-order valence-electron chi connectivity index (χ0n) is 7.16. The molecule has 0 radical (unpaired) electrons. The summed E-state index contributed by atoms with van der Waals surface area (Å²) in [6.07, 6.45) is 3.01. The molecule has 0 spiro atoms. The van der Waals surface area contributed by atoms with E-state index < -0.39 is 11.5 Å². The van der Waals surface area contributed by atoms with E-state index in [-0.39, 0.29) is 0 Å². The molecule has 1 aliphatic carbocycles. The summed E-state index contributed by atoms with van der Waals surface area (Å²) >= 11 is 0. The number of H-pyrrole nitrogens is 1. The molecule has 4 N–H and O–H groups in total. The second-order valence-corrected chi connectivity index (χ2v) is 3.25. The predicted molar refractivity (Wildman–Crippen MR) is 47.9 cm³/mol. The first-order valence-electron chi connectivity index (χ1n) is 3.95. The van der Waals surface area contributed by atoms with E-state index in [1.165, 1.54) is 6.08 Å². The minimum atomic E-state index is -1.85. The smallest absolute Gasteiger partial charge is 0.215 e. The third kappa shape index (κ3) is 1.03. The normalized spacial score (nSPS) is 27.0. The highest BCUT2D eigenvalue weighted by atomic mass is 16.3. The topological polar surface area (TPSA) is 79.1 Å². The van der Waals surface area contributed by atoms with E-state index in [4.69, 9.17) is 5.73 Å². The van der Waals surface area contributed by atoms with E-state index in [1.54, 1.807) is 19.2 Å². The number of nitrogens with one attached hydrogen (secondary N) is 1. The molecule has 4 nitrogen and oxygen atoms in total. The molecule has 4 heteroatoms. The average Bonchev–Trinajstić information content (AvgIpc) is 2.47. The van der Waals surface area contributed by atoms with E-state index in [9.17, 15) is 9.90 Å². The molecule has 0 saturated heterocycles. The summed E-state index contributed by atoms with van der Waals surface area (Å²) in [5.41, 5.74) is 5.52. The fraction of sp³-hybridized carbons (Fsp3) is 0.222. The van der Waals surface area contributed by atoms with Crippen LogP contribution in [0.25, 0.3) is 5.57 Å². The number of rotatable bonds is 0. The van der Waals surface area contributed by atoms with Gasteiger partial charge < -0.3 is 10.1 Å². The van der Waals surface area contributed by atoms with Crippen molar-refractivity contribution in [3.63, 3.8) is 0 Å². The second kappa shape index (κ2) is 2.31. The molecule has 0 amide bonds. The summed E-state index contributed by atoms with van der Waals surface area (Å²) in [6, 6.07) is 1.62. The molecule has 1 aromatic heterocycles. The molecule has 0 saturated carbocycles. The number of fused-ring (bicyclic) bond motifs is 1. The third-order valence-electron chi connectivity index (χ3n) is 2.19. The first kappa shape index (κ1) is 8.22. The number of aliphatic hydroxyl groups is 1. The summed E-state index contributed by atoms with van der Waals surface area (Å²) < 4.78 is 0. The molecule has 1 aromatic rings. The zero-order valence-corrected chi connectivity index (χ0v) is 7.16. The van der Waals surface area contributed by atoms with Gasteiger partial charge in [-0.05, 0) is 24.6 Å². The molecule has 0 fully saturated rings. The lowest BCUT2D eigenvalue weighted by molar-refractivity contribution is 0.0546. The van der Waals surface area contributed by atoms with Crippen molar-refractivity contribution < 1.29 is 9.90 Å². The SMILES string of the molecule is CC1=CC(N)(O)C(=O)c2cc[nH]c21. The Balaban J connectivity index is 2.66. The summed E-state index contributed by atoms with van der Waals surface area (Å²) in [7, 11) is 0. The van der Waals surface area contributed by atoms with Gasteiger partial charge in [-0.2, -0.15) is 0 Å². The number of allylic oxidation sites excluding steroid dienone is 1. The van der Waals surface area contributed by atoms with E-state index in [0.717, 1.165) is 11.3 Å². The molecule has 2 rings (SSSR count). The molecule has 1 unspecified atom stereocenters. The van der Waals surface area contributed by atoms with Crippen molar-refractivity contribution in [1.82, 2.24) is 4.98 Å². The Morgan fingerprint density at radius 2 is 2.31 bits per heavy atom. The van der Waals surface area contributed by atoms with Crippen LogP contribution in [0.3, 0.4) is 0 Å². The minimum Gasteiger partial charge on any atom is -0.366 e. The van der Waals surface area contributed by atoms with Crippen LogP contribution in [0.4, 0.5) is 0 Å².